The number of halogens is 1. The van der Waals surface area contributed by atoms with Crippen LogP contribution in [0.25, 0.3) is 0 Å². The summed E-state index contributed by atoms with van der Waals surface area (Å²) < 4.78 is 55.1. The average molecular weight is 503 g/mol. The SMILES string of the molecule is CC(C)C[C@@H](C(N)=O)N(Cc1ccc(COS(C)(=O)=O)cc1)S(=O)(=O)c1ccc(Cl)cc1. The molecule has 1 atom stereocenters. The van der Waals surface area contributed by atoms with Gasteiger partial charge in [0.15, 0.2) is 0 Å². The van der Waals surface area contributed by atoms with Gasteiger partial charge in [-0.15, -0.1) is 0 Å². The molecule has 2 aromatic rings. The molecule has 0 bridgehead atoms. The smallest absolute Gasteiger partial charge is 0.264 e. The molecule has 2 N–H and O–H groups in total. The Kier molecular flexibility index (Phi) is 8.83. The molecule has 0 radical (unpaired) electrons. The third-order valence-electron chi connectivity index (χ3n) is 4.59. The second kappa shape index (κ2) is 10.8. The Morgan fingerprint density at radius 2 is 1.53 bits per heavy atom. The number of amides is 1. The number of benzene rings is 2. The summed E-state index contributed by atoms with van der Waals surface area (Å²) >= 11 is 5.89. The molecule has 0 aliphatic heterocycles. The van der Waals surface area contributed by atoms with E-state index in [1.54, 1.807) is 24.3 Å². The van der Waals surface area contributed by atoms with Crippen LogP contribution in [0, 0.1) is 5.92 Å². The molecule has 8 nitrogen and oxygen atoms in total. The van der Waals surface area contributed by atoms with Crippen molar-refractivity contribution in [2.24, 2.45) is 11.7 Å². The minimum absolute atomic E-state index is 0.00456. The molecule has 11 heteroatoms. The lowest BCUT2D eigenvalue weighted by Crippen LogP contribution is -2.48. The summed E-state index contributed by atoms with van der Waals surface area (Å²) in [6, 6.07) is 11.2. The first kappa shape index (κ1) is 26.3. The maximum atomic E-state index is 13.4. The van der Waals surface area contributed by atoms with E-state index in [9.17, 15) is 21.6 Å². The van der Waals surface area contributed by atoms with Crippen LogP contribution in [0.1, 0.15) is 31.4 Å². The highest BCUT2D eigenvalue weighted by molar-refractivity contribution is 7.89. The van der Waals surface area contributed by atoms with Crippen LogP contribution < -0.4 is 5.73 Å². The van der Waals surface area contributed by atoms with Crippen molar-refractivity contribution < 1.29 is 25.8 Å². The number of sulfonamides is 1. The van der Waals surface area contributed by atoms with Crippen LogP contribution in [-0.4, -0.2) is 39.3 Å². The fourth-order valence-corrected chi connectivity index (χ4v) is 5.09. The van der Waals surface area contributed by atoms with Gasteiger partial charge >= 0.3 is 0 Å². The van der Waals surface area contributed by atoms with Gasteiger partial charge < -0.3 is 5.73 Å². The highest BCUT2D eigenvalue weighted by Crippen LogP contribution is 2.25. The quantitative estimate of drug-likeness (QED) is 0.471. The molecule has 0 aliphatic carbocycles. The number of rotatable bonds is 11. The van der Waals surface area contributed by atoms with Crippen molar-refractivity contribution in [1.29, 1.82) is 0 Å². The van der Waals surface area contributed by atoms with E-state index >= 15 is 0 Å². The topological polar surface area (TPSA) is 124 Å². The number of carbonyl (C=O) groups excluding carboxylic acids is 1. The van der Waals surface area contributed by atoms with Gasteiger partial charge in [-0.3, -0.25) is 8.98 Å². The molecule has 0 aromatic heterocycles. The van der Waals surface area contributed by atoms with Crippen LogP contribution in [0.5, 0.6) is 0 Å². The number of nitrogens with two attached hydrogens (primary N) is 1. The zero-order valence-electron chi connectivity index (χ0n) is 18.1. The van der Waals surface area contributed by atoms with Crippen molar-refractivity contribution >= 4 is 37.6 Å². The standard InChI is InChI=1S/C21H27ClN2O6S2/c1-15(2)12-20(21(23)25)24(32(28,29)19-10-8-18(22)9-11-19)13-16-4-6-17(7-5-16)14-30-31(3,26)27/h4-11,15,20H,12-14H2,1-3H3,(H2,23,25)/t20-/m0/s1. The fourth-order valence-electron chi connectivity index (χ4n) is 3.02. The Bertz CT molecular complexity index is 1130. The van der Waals surface area contributed by atoms with Crippen molar-refractivity contribution in [3.63, 3.8) is 0 Å². The average Bonchev–Trinajstić information content (AvgIpc) is 2.69. The first-order chi connectivity index (χ1) is 14.8. The molecular formula is C21H27ClN2O6S2. The number of primary amides is 1. The van der Waals surface area contributed by atoms with E-state index in [0.717, 1.165) is 10.6 Å². The summed E-state index contributed by atoms with van der Waals surface area (Å²) in [5, 5.41) is 0.385. The number of hydrogen-bond acceptors (Lipinski definition) is 6. The summed E-state index contributed by atoms with van der Waals surface area (Å²) in [6.45, 7) is 3.51. The maximum absolute atomic E-state index is 13.4. The van der Waals surface area contributed by atoms with Crippen LogP contribution in [0.4, 0.5) is 0 Å². The molecule has 2 aromatic carbocycles. The summed E-state index contributed by atoms with van der Waals surface area (Å²) in [5.41, 5.74) is 6.80. The van der Waals surface area contributed by atoms with Crippen LogP contribution in [0.2, 0.25) is 5.02 Å². The first-order valence-electron chi connectivity index (χ1n) is 9.78. The van der Waals surface area contributed by atoms with Crippen LogP contribution in [0.3, 0.4) is 0 Å². The maximum Gasteiger partial charge on any atom is 0.264 e. The molecule has 0 aliphatic rings. The van der Waals surface area contributed by atoms with E-state index in [4.69, 9.17) is 21.5 Å². The molecule has 1 amide bonds. The van der Waals surface area contributed by atoms with Gasteiger partial charge in [-0.2, -0.15) is 12.7 Å². The van der Waals surface area contributed by atoms with Gasteiger partial charge in [-0.25, -0.2) is 8.42 Å². The van der Waals surface area contributed by atoms with Crippen molar-refractivity contribution in [2.75, 3.05) is 6.26 Å². The summed E-state index contributed by atoms with van der Waals surface area (Å²) in [6.07, 6.45) is 1.21. The second-order valence-corrected chi connectivity index (χ2v) is 11.8. The first-order valence-corrected chi connectivity index (χ1v) is 13.4. The fraction of sp³-hybridized carbons (Fsp3) is 0.381. The van der Waals surface area contributed by atoms with Gasteiger partial charge in [0.2, 0.25) is 15.9 Å². The Morgan fingerprint density at radius 3 is 2.00 bits per heavy atom. The molecule has 0 fully saturated rings. The lowest BCUT2D eigenvalue weighted by atomic mass is 10.0. The van der Waals surface area contributed by atoms with Gasteiger partial charge in [0.25, 0.3) is 10.1 Å². The predicted molar refractivity (Wildman–Crippen MR) is 123 cm³/mol. The lowest BCUT2D eigenvalue weighted by molar-refractivity contribution is -0.122. The zero-order chi connectivity index (χ0) is 24.1. The Labute approximate surface area is 194 Å². The summed E-state index contributed by atoms with van der Waals surface area (Å²) in [4.78, 5) is 12.2. The minimum Gasteiger partial charge on any atom is -0.368 e. The molecule has 32 heavy (non-hydrogen) atoms. The lowest BCUT2D eigenvalue weighted by Gasteiger charge is -2.30. The number of carbonyl (C=O) groups is 1. The van der Waals surface area contributed by atoms with Crippen molar-refractivity contribution in [2.45, 2.75) is 44.4 Å². The molecule has 176 valence electrons. The van der Waals surface area contributed by atoms with Crippen LogP contribution in [0.15, 0.2) is 53.4 Å². The highest BCUT2D eigenvalue weighted by Gasteiger charge is 2.35. The van der Waals surface area contributed by atoms with Gasteiger partial charge in [0.1, 0.15) is 6.04 Å². The molecular weight excluding hydrogens is 476 g/mol. The molecule has 0 heterocycles. The Morgan fingerprint density at radius 1 is 1.00 bits per heavy atom. The molecule has 2 rings (SSSR count). The minimum atomic E-state index is -4.08. The third kappa shape index (κ3) is 7.56. The van der Waals surface area contributed by atoms with E-state index in [1.165, 1.54) is 24.3 Å². The molecule has 0 unspecified atom stereocenters. The zero-order valence-corrected chi connectivity index (χ0v) is 20.5. The monoisotopic (exact) mass is 502 g/mol. The third-order valence-corrected chi connectivity index (χ3v) is 7.26. The molecule has 0 saturated carbocycles. The highest BCUT2D eigenvalue weighted by atomic mass is 35.5. The number of hydrogen-bond donors (Lipinski definition) is 1. The largest absolute Gasteiger partial charge is 0.368 e. The molecule has 0 spiro atoms. The summed E-state index contributed by atoms with van der Waals surface area (Å²) in [7, 11) is -7.66. The Hall–Kier alpha value is -1.98. The van der Waals surface area contributed by atoms with Gasteiger partial charge in [-0.1, -0.05) is 49.7 Å². The summed E-state index contributed by atoms with van der Waals surface area (Å²) in [5.74, 6) is -0.722. The van der Waals surface area contributed by atoms with Gasteiger partial charge in [0, 0.05) is 11.6 Å². The van der Waals surface area contributed by atoms with Gasteiger partial charge in [-0.05, 0) is 47.7 Å². The number of nitrogens with zero attached hydrogens (tertiary/aromatic N) is 1. The van der Waals surface area contributed by atoms with Crippen LogP contribution >= 0.6 is 11.6 Å². The van der Waals surface area contributed by atoms with Crippen molar-refractivity contribution in [3.8, 4) is 0 Å². The van der Waals surface area contributed by atoms with E-state index in [-0.39, 0.29) is 30.4 Å². The van der Waals surface area contributed by atoms with E-state index in [1.807, 2.05) is 13.8 Å². The van der Waals surface area contributed by atoms with Crippen LogP contribution in [-0.2, 0) is 42.3 Å². The normalized spacial score (nSPS) is 13.4. The van der Waals surface area contributed by atoms with Crippen molar-refractivity contribution in [3.05, 3.63) is 64.7 Å². The van der Waals surface area contributed by atoms with Crippen molar-refractivity contribution in [1.82, 2.24) is 4.31 Å². The predicted octanol–water partition coefficient (Wildman–Crippen LogP) is 2.91. The Balaban J connectivity index is 2.40. The second-order valence-electron chi connectivity index (χ2n) is 7.83. The van der Waals surface area contributed by atoms with E-state index in [2.05, 4.69) is 0 Å². The van der Waals surface area contributed by atoms with E-state index in [0.29, 0.717) is 16.1 Å². The molecule has 0 saturated heterocycles. The van der Waals surface area contributed by atoms with E-state index < -0.39 is 32.1 Å². The van der Waals surface area contributed by atoms with Gasteiger partial charge in [0.05, 0.1) is 17.8 Å².